The predicted octanol–water partition coefficient (Wildman–Crippen LogP) is 3.63. The smallest absolute Gasteiger partial charge is 0.258 e. The number of rotatable bonds is 6. The summed E-state index contributed by atoms with van der Waals surface area (Å²) >= 11 is 0. The maximum Gasteiger partial charge on any atom is 0.258 e. The normalized spacial score (nSPS) is 13.1. The molecule has 1 aliphatic rings. The van der Waals surface area contributed by atoms with Crippen LogP contribution in [0.4, 0.5) is 15.8 Å². The van der Waals surface area contributed by atoms with E-state index >= 15 is 0 Å². The fraction of sp³-hybridized carbons (Fsp3) is 0.278. The van der Waals surface area contributed by atoms with Crippen molar-refractivity contribution in [2.24, 2.45) is 0 Å². The average molecular weight is 314 g/mol. The number of hydrogen-bond acceptors (Lipinski definition) is 3. The molecule has 0 aliphatic carbocycles. The lowest BCUT2D eigenvalue weighted by Gasteiger charge is -2.16. The number of hydrogen-bond donors (Lipinski definition) is 1. The van der Waals surface area contributed by atoms with Gasteiger partial charge in [0.05, 0.1) is 19.8 Å². The molecule has 5 heteroatoms. The zero-order valence-electron chi connectivity index (χ0n) is 13.0. The highest BCUT2D eigenvalue weighted by atomic mass is 19.1. The predicted molar refractivity (Wildman–Crippen MR) is 89.0 cm³/mol. The average Bonchev–Trinajstić information content (AvgIpc) is 2.91. The Kier molecular flexibility index (Phi) is 4.46. The molecule has 0 spiro atoms. The number of nitrogens with zero attached hydrogens (tertiary/aromatic N) is 1. The minimum Gasteiger partial charge on any atom is -0.493 e. The molecular weight excluding hydrogens is 295 g/mol. The Morgan fingerprint density at radius 3 is 2.70 bits per heavy atom. The summed E-state index contributed by atoms with van der Waals surface area (Å²) in [6.07, 6.45) is 0.375. The molecule has 0 saturated heterocycles. The number of halogens is 1. The lowest BCUT2D eigenvalue weighted by atomic mass is 10.1. The summed E-state index contributed by atoms with van der Waals surface area (Å²) < 4.78 is 17.6. The van der Waals surface area contributed by atoms with Gasteiger partial charge >= 0.3 is 0 Å². The Hall–Kier alpha value is -2.56. The lowest BCUT2D eigenvalue weighted by Crippen LogP contribution is -2.22. The fourth-order valence-corrected chi connectivity index (χ4v) is 2.65. The first-order valence-corrected chi connectivity index (χ1v) is 7.64. The van der Waals surface area contributed by atoms with Gasteiger partial charge in [0, 0.05) is 30.4 Å². The van der Waals surface area contributed by atoms with Crippen LogP contribution < -0.4 is 15.0 Å². The third-order valence-electron chi connectivity index (χ3n) is 3.90. The monoisotopic (exact) mass is 314 g/mol. The number of benzene rings is 2. The quantitative estimate of drug-likeness (QED) is 0.828. The summed E-state index contributed by atoms with van der Waals surface area (Å²) in [4.78, 5) is 14.3. The van der Waals surface area contributed by atoms with Crippen molar-refractivity contribution in [1.29, 1.82) is 0 Å². The summed E-state index contributed by atoms with van der Waals surface area (Å²) in [5, 5.41) is 3.06. The van der Waals surface area contributed by atoms with Gasteiger partial charge in [-0.1, -0.05) is 0 Å². The topological polar surface area (TPSA) is 41.6 Å². The van der Waals surface area contributed by atoms with Gasteiger partial charge < -0.3 is 15.0 Å². The van der Waals surface area contributed by atoms with Crippen LogP contribution >= 0.6 is 0 Å². The molecule has 2 aromatic carbocycles. The van der Waals surface area contributed by atoms with Gasteiger partial charge in [-0.15, -0.1) is 0 Å². The van der Waals surface area contributed by atoms with E-state index in [4.69, 9.17) is 4.74 Å². The Bertz CT molecular complexity index is 701. The highest BCUT2D eigenvalue weighted by molar-refractivity contribution is 6.10. The number of alkyl halides is 1. The van der Waals surface area contributed by atoms with E-state index in [0.29, 0.717) is 30.9 Å². The minimum atomic E-state index is -0.389. The molecule has 0 aromatic heterocycles. The summed E-state index contributed by atoms with van der Waals surface area (Å²) in [5.41, 5.74) is 3.50. The van der Waals surface area contributed by atoms with Gasteiger partial charge in [0.1, 0.15) is 5.75 Å². The molecule has 0 bridgehead atoms. The molecular formula is C18H19FN2O2. The van der Waals surface area contributed by atoms with Crippen LogP contribution in [0.3, 0.4) is 0 Å². The Morgan fingerprint density at radius 2 is 2.00 bits per heavy atom. The molecule has 3 rings (SSSR count). The highest BCUT2D eigenvalue weighted by Crippen LogP contribution is 2.31. The molecule has 120 valence electrons. The second-order valence-corrected chi connectivity index (χ2v) is 5.40. The first-order valence-electron chi connectivity index (χ1n) is 7.64. The van der Waals surface area contributed by atoms with Crippen molar-refractivity contribution in [3.05, 3.63) is 53.6 Å². The zero-order valence-corrected chi connectivity index (χ0v) is 13.0. The number of carbonyl (C=O) groups excluding carboxylic acids is 1. The van der Waals surface area contributed by atoms with Gasteiger partial charge in [-0.2, -0.15) is 0 Å². The van der Waals surface area contributed by atoms with Crippen LogP contribution in [0.1, 0.15) is 22.3 Å². The number of anilines is 2. The van der Waals surface area contributed by atoms with Crippen LogP contribution in [0.15, 0.2) is 42.5 Å². The van der Waals surface area contributed by atoms with Crippen LogP contribution in [0.25, 0.3) is 0 Å². The van der Waals surface area contributed by atoms with Crippen LogP contribution in [0.2, 0.25) is 0 Å². The summed E-state index contributed by atoms with van der Waals surface area (Å²) in [6.45, 7) is 0.478. The standard InChI is InChI=1S/C18H19FN2O2/c1-20-14-3-5-15(6-4-14)21-12-13-11-16(23-10-2-9-19)7-8-17(13)18(21)22/h3-8,11,20H,2,9-10,12H2,1H3. The fourth-order valence-electron chi connectivity index (χ4n) is 2.65. The number of nitrogens with one attached hydrogen (secondary N) is 1. The van der Waals surface area contributed by atoms with Crippen molar-refractivity contribution >= 4 is 17.3 Å². The van der Waals surface area contributed by atoms with Crippen LogP contribution in [-0.4, -0.2) is 26.2 Å². The van der Waals surface area contributed by atoms with E-state index < -0.39 is 0 Å². The van der Waals surface area contributed by atoms with Gasteiger partial charge in [-0.25, -0.2) is 0 Å². The molecule has 1 N–H and O–H groups in total. The molecule has 0 saturated carbocycles. The molecule has 1 heterocycles. The number of fused-ring (bicyclic) bond motifs is 1. The largest absolute Gasteiger partial charge is 0.493 e. The lowest BCUT2D eigenvalue weighted by molar-refractivity contribution is 0.0996. The van der Waals surface area contributed by atoms with Crippen LogP contribution in [-0.2, 0) is 6.54 Å². The first kappa shape index (κ1) is 15.3. The van der Waals surface area contributed by atoms with Crippen LogP contribution in [0, 0.1) is 0 Å². The first-order chi connectivity index (χ1) is 11.2. The van der Waals surface area contributed by atoms with Crippen molar-refractivity contribution in [1.82, 2.24) is 0 Å². The molecule has 0 unspecified atom stereocenters. The van der Waals surface area contributed by atoms with E-state index in [-0.39, 0.29) is 12.6 Å². The van der Waals surface area contributed by atoms with E-state index in [2.05, 4.69) is 5.32 Å². The zero-order chi connectivity index (χ0) is 16.2. The minimum absolute atomic E-state index is 0.00693. The van der Waals surface area contributed by atoms with E-state index in [9.17, 15) is 9.18 Å². The molecule has 2 aromatic rings. The van der Waals surface area contributed by atoms with E-state index in [0.717, 1.165) is 16.9 Å². The highest BCUT2D eigenvalue weighted by Gasteiger charge is 2.28. The van der Waals surface area contributed by atoms with Crippen molar-refractivity contribution in [3.63, 3.8) is 0 Å². The van der Waals surface area contributed by atoms with E-state index in [1.807, 2.05) is 37.4 Å². The Balaban J connectivity index is 1.77. The second-order valence-electron chi connectivity index (χ2n) is 5.40. The molecule has 1 aliphatic heterocycles. The number of ether oxygens (including phenoxy) is 1. The van der Waals surface area contributed by atoms with Crippen molar-refractivity contribution in [2.75, 3.05) is 30.5 Å². The van der Waals surface area contributed by atoms with Gasteiger partial charge in [0.25, 0.3) is 5.91 Å². The molecule has 1 amide bonds. The SMILES string of the molecule is CNc1ccc(N2Cc3cc(OCCCF)ccc3C2=O)cc1. The van der Waals surface area contributed by atoms with Crippen molar-refractivity contribution in [3.8, 4) is 5.75 Å². The van der Waals surface area contributed by atoms with E-state index in [1.54, 1.807) is 17.0 Å². The van der Waals surface area contributed by atoms with E-state index in [1.165, 1.54) is 0 Å². The van der Waals surface area contributed by atoms with Crippen molar-refractivity contribution < 1.29 is 13.9 Å². The second kappa shape index (κ2) is 6.69. The Labute approximate surface area is 134 Å². The van der Waals surface area contributed by atoms with Gasteiger partial charge in [-0.05, 0) is 48.0 Å². The maximum absolute atomic E-state index is 12.5. The van der Waals surface area contributed by atoms with Gasteiger partial charge in [-0.3, -0.25) is 9.18 Å². The summed E-state index contributed by atoms with van der Waals surface area (Å²) in [7, 11) is 1.86. The number of amides is 1. The van der Waals surface area contributed by atoms with Crippen molar-refractivity contribution in [2.45, 2.75) is 13.0 Å². The Morgan fingerprint density at radius 1 is 1.22 bits per heavy atom. The molecule has 0 fully saturated rings. The number of carbonyl (C=O) groups is 1. The third kappa shape index (κ3) is 3.13. The molecule has 0 atom stereocenters. The summed E-state index contributed by atoms with van der Waals surface area (Å²) in [5.74, 6) is 0.671. The molecule has 23 heavy (non-hydrogen) atoms. The van der Waals surface area contributed by atoms with Crippen LogP contribution in [0.5, 0.6) is 5.75 Å². The molecule has 0 radical (unpaired) electrons. The molecule has 4 nitrogen and oxygen atoms in total. The third-order valence-corrected chi connectivity index (χ3v) is 3.90. The summed E-state index contributed by atoms with van der Waals surface area (Å²) in [6, 6.07) is 13.1. The van der Waals surface area contributed by atoms with Gasteiger partial charge in [0.15, 0.2) is 0 Å². The van der Waals surface area contributed by atoms with Gasteiger partial charge in [0.2, 0.25) is 0 Å². The maximum atomic E-state index is 12.5.